The Bertz CT molecular complexity index is 589. The van der Waals surface area contributed by atoms with E-state index in [1.807, 2.05) is 6.26 Å². The molecule has 1 heterocycles. The zero-order valence-corrected chi connectivity index (χ0v) is 11.4. The second-order valence-corrected chi connectivity index (χ2v) is 5.21. The van der Waals surface area contributed by atoms with Crippen molar-refractivity contribution in [3.63, 3.8) is 0 Å². The number of nitrogens with one attached hydrogen (secondary N) is 1. The van der Waals surface area contributed by atoms with Gasteiger partial charge in [0, 0.05) is 11.4 Å². The van der Waals surface area contributed by atoms with Gasteiger partial charge >= 0.3 is 5.69 Å². The molecule has 0 aliphatic rings. The van der Waals surface area contributed by atoms with Gasteiger partial charge in [0.2, 0.25) is 5.88 Å². The molecule has 0 fully saturated rings. The first-order valence-corrected chi connectivity index (χ1v) is 7.18. The van der Waals surface area contributed by atoms with Crippen LogP contribution < -0.4 is 5.69 Å². The first kappa shape index (κ1) is 13.1. The smallest absolute Gasteiger partial charge is 0.333 e. The molecule has 96 valence electrons. The van der Waals surface area contributed by atoms with Crippen LogP contribution in [0.15, 0.2) is 29.1 Å². The average molecular weight is 285 g/mol. The van der Waals surface area contributed by atoms with Gasteiger partial charge in [0.25, 0.3) is 0 Å². The lowest BCUT2D eigenvalue weighted by Gasteiger charge is -2.03. The van der Waals surface area contributed by atoms with E-state index in [2.05, 4.69) is 4.98 Å². The van der Waals surface area contributed by atoms with E-state index in [0.717, 1.165) is 5.75 Å². The lowest BCUT2D eigenvalue weighted by atomic mass is 10.3. The maximum atomic E-state index is 11.8. The molecule has 1 aromatic carbocycles. The summed E-state index contributed by atoms with van der Waals surface area (Å²) in [6, 6.07) is 6.74. The van der Waals surface area contributed by atoms with Gasteiger partial charge in [-0.05, 0) is 36.3 Å². The van der Waals surface area contributed by atoms with Crippen molar-refractivity contribution in [3.8, 4) is 11.6 Å². The van der Waals surface area contributed by atoms with Crippen LogP contribution in [0, 0.1) is 0 Å². The highest BCUT2D eigenvalue weighted by Crippen LogP contribution is 2.20. The van der Waals surface area contributed by atoms with Crippen LogP contribution in [0.1, 0.15) is 5.69 Å². The Kier molecular flexibility index (Phi) is 4.04. The first-order chi connectivity index (χ1) is 8.63. The third-order valence-corrected chi connectivity index (χ3v) is 3.45. The van der Waals surface area contributed by atoms with E-state index in [-0.39, 0.29) is 11.6 Å². The van der Waals surface area contributed by atoms with E-state index in [4.69, 9.17) is 11.6 Å². The van der Waals surface area contributed by atoms with Gasteiger partial charge in [0.15, 0.2) is 0 Å². The third kappa shape index (κ3) is 2.57. The number of aromatic amines is 1. The molecular weight excluding hydrogens is 272 g/mol. The van der Waals surface area contributed by atoms with Crippen molar-refractivity contribution < 1.29 is 5.11 Å². The molecule has 4 nitrogen and oxygen atoms in total. The van der Waals surface area contributed by atoms with Crippen LogP contribution in [0.3, 0.4) is 0 Å². The molecule has 0 unspecified atom stereocenters. The summed E-state index contributed by atoms with van der Waals surface area (Å²) < 4.78 is 1.24. The lowest BCUT2D eigenvalue weighted by Crippen LogP contribution is -2.14. The molecule has 0 saturated heterocycles. The normalized spacial score (nSPS) is 10.8. The number of nitrogens with zero attached hydrogens (tertiary/aromatic N) is 1. The Morgan fingerprint density at radius 1 is 1.39 bits per heavy atom. The molecule has 2 N–H and O–H groups in total. The fourth-order valence-corrected chi connectivity index (χ4v) is 2.21. The largest absolute Gasteiger partial charge is 0.493 e. The van der Waals surface area contributed by atoms with Crippen molar-refractivity contribution in [1.82, 2.24) is 9.55 Å². The second-order valence-electron chi connectivity index (χ2n) is 3.79. The molecular formula is C12H13ClN2O2S. The minimum Gasteiger partial charge on any atom is -0.493 e. The average Bonchev–Trinajstić information content (AvgIpc) is 2.63. The Morgan fingerprint density at radius 2 is 2.06 bits per heavy atom. The van der Waals surface area contributed by atoms with Crippen LogP contribution in [0.2, 0.25) is 5.02 Å². The number of aromatic hydroxyl groups is 1. The van der Waals surface area contributed by atoms with E-state index in [1.165, 1.54) is 4.57 Å². The number of aromatic nitrogens is 2. The predicted octanol–water partition coefficient (Wildman–Crippen LogP) is 2.43. The number of H-pyrrole nitrogens is 1. The van der Waals surface area contributed by atoms with E-state index in [0.29, 0.717) is 22.8 Å². The summed E-state index contributed by atoms with van der Waals surface area (Å²) in [5, 5.41) is 10.6. The molecule has 6 heteroatoms. The van der Waals surface area contributed by atoms with Crippen molar-refractivity contribution >= 4 is 23.4 Å². The summed E-state index contributed by atoms with van der Waals surface area (Å²) in [7, 11) is 0. The van der Waals surface area contributed by atoms with Crippen LogP contribution in [0.4, 0.5) is 0 Å². The van der Waals surface area contributed by atoms with Gasteiger partial charge in [-0.15, -0.1) is 0 Å². The van der Waals surface area contributed by atoms with Crippen molar-refractivity contribution in [2.75, 3.05) is 12.0 Å². The van der Waals surface area contributed by atoms with Gasteiger partial charge in [0.1, 0.15) is 0 Å². The minimum absolute atomic E-state index is 0.0311. The lowest BCUT2D eigenvalue weighted by molar-refractivity contribution is 0.435. The Morgan fingerprint density at radius 3 is 2.67 bits per heavy atom. The summed E-state index contributed by atoms with van der Waals surface area (Å²) in [6.45, 7) is 0. The van der Waals surface area contributed by atoms with E-state index < -0.39 is 0 Å². The van der Waals surface area contributed by atoms with Crippen LogP contribution in [0.5, 0.6) is 5.88 Å². The molecule has 2 aromatic rings. The predicted molar refractivity (Wildman–Crippen MR) is 75.2 cm³/mol. The molecule has 0 amide bonds. The number of halogens is 1. The zero-order chi connectivity index (χ0) is 13.1. The quantitative estimate of drug-likeness (QED) is 0.907. The number of hydrogen-bond acceptors (Lipinski definition) is 3. The highest BCUT2D eigenvalue weighted by molar-refractivity contribution is 7.98. The number of benzene rings is 1. The molecule has 0 aliphatic carbocycles. The number of hydrogen-bond donors (Lipinski definition) is 2. The summed E-state index contributed by atoms with van der Waals surface area (Å²) in [4.78, 5) is 14.5. The number of thioether (sulfide) groups is 1. The minimum atomic E-state index is -0.342. The topological polar surface area (TPSA) is 58.0 Å². The monoisotopic (exact) mass is 284 g/mol. The van der Waals surface area contributed by atoms with Gasteiger partial charge < -0.3 is 10.1 Å². The van der Waals surface area contributed by atoms with Crippen molar-refractivity contribution in [3.05, 3.63) is 45.5 Å². The van der Waals surface area contributed by atoms with Crippen LogP contribution >= 0.6 is 23.4 Å². The summed E-state index contributed by atoms with van der Waals surface area (Å²) in [5.74, 6) is 0.810. The number of imidazole rings is 1. The molecule has 0 aliphatic heterocycles. The molecule has 18 heavy (non-hydrogen) atoms. The van der Waals surface area contributed by atoms with Crippen molar-refractivity contribution in [2.45, 2.75) is 6.42 Å². The van der Waals surface area contributed by atoms with Crippen LogP contribution in [0.25, 0.3) is 5.69 Å². The molecule has 0 saturated carbocycles. The number of rotatable bonds is 4. The third-order valence-electron chi connectivity index (χ3n) is 2.58. The highest BCUT2D eigenvalue weighted by Gasteiger charge is 2.13. The Hall–Kier alpha value is -1.33. The first-order valence-electron chi connectivity index (χ1n) is 5.41. The van der Waals surface area contributed by atoms with Gasteiger partial charge in [0.05, 0.1) is 11.4 Å². The molecule has 1 aromatic heterocycles. The summed E-state index contributed by atoms with van der Waals surface area (Å²) in [6.07, 6.45) is 2.61. The Balaban J connectivity index is 2.42. The van der Waals surface area contributed by atoms with E-state index in [1.54, 1.807) is 36.0 Å². The second kappa shape index (κ2) is 5.54. The zero-order valence-electron chi connectivity index (χ0n) is 9.81. The summed E-state index contributed by atoms with van der Waals surface area (Å²) in [5.41, 5.74) is 0.809. The van der Waals surface area contributed by atoms with Gasteiger partial charge in [-0.25, -0.2) is 9.36 Å². The molecule has 0 radical (unpaired) electrons. The van der Waals surface area contributed by atoms with Crippen molar-refractivity contribution in [2.24, 2.45) is 0 Å². The van der Waals surface area contributed by atoms with Gasteiger partial charge in [-0.1, -0.05) is 11.6 Å². The maximum absolute atomic E-state index is 11.8. The molecule has 0 spiro atoms. The van der Waals surface area contributed by atoms with Crippen molar-refractivity contribution in [1.29, 1.82) is 0 Å². The maximum Gasteiger partial charge on any atom is 0.333 e. The Labute approximate surface area is 114 Å². The fourth-order valence-electron chi connectivity index (χ4n) is 1.68. The van der Waals surface area contributed by atoms with Gasteiger partial charge in [-0.3, -0.25) is 0 Å². The standard InChI is InChI=1S/C12H13ClN2O2S/c1-18-7-6-10-11(16)15(12(17)14-10)9-4-2-8(13)3-5-9/h2-5,16H,6-7H2,1H3,(H,14,17). The van der Waals surface area contributed by atoms with Gasteiger partial charge in [-0.2, -0.15) is 11.8 Å². The molecule has 2 rings (SSSR count). The van der Waals surface area contributed by atoms with Crippen LogP contribution in [-0.2, 0) is 6.42 Å². The summed E-state index contributed by atoms with van der Waals surface area (Å²) >= 11 is 7.45. The molecule has 0 atom stereocenters. The highest BCUT2D eigenvalue weighted by atomic mass is 35.5. The van der Waals surface area contributed by atoms with E-state index in [9.17, 15) is 9.90 Å². The van der Waals surface area contributed by atoms with E-state index >= 15 is 0 Å². The fraction of sp³-hybridized carbons (Fsp3) is 0.250. The SMILES string of the molecule is CSCCc1[nH]c(=O)n(-c2ccc(Cl)cc2)c1O. The van der Waals surface area contributed by atoms with Crippen LogP contribution in [-0.4, -0.2) is 26.7 Å². The molecule has 0 bridgehead atoms. The number of aryl methyl sites for hydroxylation is 1.